The second-order valence-electron chi connectivity index (χ2n) is 4.50. The Hall–Kier alpha value is -2.16. The molecule has 3 heteroatoms. The number of Topliss-reactive ketones (excluding diaryl/α,β-unsaturated/α-hetero) is 1. The molecule has 1 N–H and O–H groups in total. The third-order valence-corrected chi connectivity index (χ3v) is 3.29. The van der Waals surface area contributed by atoms with Crippen LogP contribution in [0.25, 0.3) is 11.1 Å². The van der Waals surface area contributed by atoms with Crippen molar-refractivity contribution in [3.8, 4) is 17.0 Å². The molecular weight excluding hydrogens is 226 g/mol. The molecule has 0 saturated heterocycles. The zero-order chi connectivity index (χ0) is 12.5. The van der Waals surface area contributed by atoms with Crippen LogP contribution in [-0.4, -0.2) is 15.9 Å². The lowest BCUT2D eigenvalue weighted by Crippen LogP contribution is -2.14. The van der Waals surface area contributed by atoms with Gasteiger partial charge in [-0.25, -0.2) is 4.98 Å². The molecule has 2 aromatic rings. The fraction of sp³-hybridized carbons (Fsp3) is 0.200. The Balaban J connectivity index is 2.24. The minimum atomic E-state index is -0.0807. The summed E-state index contributed by atoms with van der Waals surface area (Å²) >= 11 is 0. The van der Waals surface area contributed by atoms with E-state index in [-0.39, 0.29) is 11.7 Å². The summed E-state index contributed by atoms with van der Waals surface area (Å²) in [6.07, 6.45) is 2.23. The van der Waals surface area contributed by atoms with Crippen LogP contribution in [0.2, 0.25) is 0 Å². The number of ketones is 1. The number of aromatic hydroxyl groups is 1. The van der Waals surface area contributed by atoms with Gasteiger partial charge in [0.25, 0.3) is 0 Å². The molecule has 1 heterocycles. The lowest BCUT2D eigenvalue weighted by atomic mass is 9.88. The van der Waals surface area contributed by atoms with E-state index in [0.29, 0.717) is 12.1 Å². The van der Waals surface area contributed by atoms with Crippen LogP contribution in [0, 0.1) is 0 Å². The van der Waals surface area contributed by atoms with E-state index in [9.17, 15) is 9.90 Å². The number of carbonyl (C=O) groups excluding carboxylic acids is 1. The predicted molar refractivity (Wildman–Crippen MR) is 68.6 cm³/mol. The quantitative estimate of drug-likeness (QED) is 0.832. The van der Waals surface area contributed by atoms with Gasteiger partial charge in [0.2, 0.25) is 5.88 Å². The summed E-state index contributed by atoms with van der Waals surface area (Å²) in [5.74, 6) is -0.0489. The van der Waals surface area contributed by atoms with Crippen LogP contribution in [0.1, 0.15) is 28.9 Å². The maximum atomic E-state index is 11.8. The average Bonchev–Trinajstić information content (AvgIpc) is 2.40. The Morgan fingerprint density at radius 2 is 1.89 bits per heavy atom. The highest BCUT2D eigenvalue weighted by Gasteiger charge is 2.23. The Kier molecular flexibility index (Phi) is 2.59. The molecule has 18 heavy (non-hydrogen) atoms. The van der Waals surface area contributed by atoms with Crippen LogP contribution in [0.5, 0.6) is 5.88 Å². The fourth-order valence-electron chi connectivity index (χ4n) is 2.46. The minimum absolute atomic E-state index is 0.0318. The van der Waals surface area contributed by atoms with Gasteiger partial charge in [-0.3, -0.25) is 4.79 Å². The monoisotopic (exact) mass is 239 g/mol. The predicted octanol–water partition coefficient (Wildman–Crippen LogP) is 2.97. The Morgan fingerprint density at radius 3 is 2.67 bits per heavy atom. The summed E-state index contributed by atoms with van der Waals surface area (Å²) in [5, 5.41) is 9.68. The number of pyridine rings is 1. The molecule has 0 atom stereocenters. The number of carbonyl (C=O) groups is 1. The molecule has 0 bridgehead atoms. The summed E-state index contributed by atoms with van der Waals surface area (Å²) in [7, 11) is 0. The molecule has 0 fully saturated rings. The van der Waals surface area contributed by atoms with E-state index in [0.717, 1.165) is 29.5 Å². The van der Waals surface area contributed by atoms with Gasteiger partial charge in [-0.15, -0.1) is 0 Å². The molecule has 1 aromatic carbocycles. The number of fused-ring (bicyclic) bond motifs is 1. The molecule has 0 aliphatic heterocycles. The van der Waals surface area contributed by atoms with Crippen molar-refractivity contribution < 1.29 is 9.90 Å². The van der Waals surface area contributed by atoms with E-state index < -0.39 is 0 Å². The maximum absolute atomic E-state index is 11.8. The first-order valence-electron chi connectivity index (χ1n) is 6.07. The number of hydrogen-bond acceptors (Lipinski definition) is 3. The van der Waals surface area contributed by atoms with Gasteiger partial charge in [0.15, 0.2) is 5.78 Å². The second kappa shape index (κ2) is 4.26. The number of hydrogen-bond donors (Lipinski definition) is 1. The zero-order valence-electron chi connectivity index (χ0n) is 9.89. The van der Waals surface area contributed by atoms with E-state index >= 15 is 0 Å². The summed E-state index contributed by atoms with van der Waals surface area (Å²) in [6, 6.07) is 11.4. The van der Waals surface area contributed by atoms with Crippen LogP contribution < -0.4 is 0 Å². The van der Waals surface area contributed by atoms with Crippen LogP contribution in [0.15, 0.2) is 36.4 Å². The Bertz CT molecular complexity index is 605. The van der Waals surface area contributed by atoms with Crippen molar-refractivity contribution in [3.05, 3.63) is 47.7 Å². The first kappa shape index (κ1) is 11.0. The molecular formula is C15H13NO2. The molecule has 0 unspecified atom stereocenters. The number of benzene rings is 1. The molecule has 3 nitrogen and oxygen atoms in total. The summed E-state index contributed by atoms with van der Waals surface area (Å²) in [6.45, 7) is 0. The highest BCUT2D eigenvalue weighted by atomic mass is 16.3. The Labute approximate surface area is 105 Å². The van der Waals surface area contributed by atoms with Gasteiger partial charge >= 0.3 is 0 Å². The second-order valence-corrected chi connectivity index (χ2v) is 4.50. The minimum Gasteiger partial charge on any atom is -0.493 e. The molecule has 0 saturated carbocycles. The normalized spacial score (nSPS) is 14.3. The van der Waals surface area contributed by atoms with Gasteiger partial charge in [-0.1, -0.05) is 30.3 Å². The maximum Gasteiger partial charge on any atom is 0.212 e. The number of rotatable bonds is 1. The third kappa shape index (κ3) is 1.78. The number of aromatic nitrogens is 1. The average molecular weight is 239 g/mol. The third-order valence-electron chi connectivity index (χ3n) is 3.29. The van der Waals surface area contributed by atoms with Crippen molar-refractivity contribution >= 4 is 5.78 Å². The SMILES string of the molecule is O=C1CCCc2c(-c3ccccc3)cc(O)nc21. The van der Waals surface area contributed by atoms with Crippen molar-refractivity contribution in [2.45, 2.75) is 19.3 Å². The Morgan fingerprint density at radius 1 is 1.11 bits per heavy atom. The van der Waals surface area contributed by atoms with Gasteiger partial charge in [0.05, 0.1) is 0 Å². The zero-order valence-corrected chi connectivity index (χ0v) is 9.89. The van der Waals surface area contributed by atoms with Gasteiger partial charge in [0, 0.05) is 12.5 Å². The summed E-state index contributed by atoms with van der Waals surface area (Å²) in [4.78, 5) is 15.8. The lowest BCUT2D eigenvalue weighted by molar-refractivity contribution is 0.0966. The summed E-state index contributed by atoms with van der Waals surface area (Å²) < 4.78 is 0. The molecule has 3 rings (SSSR count). The largest absolute Gasteiger partial charge is 0.493 e. The van der Waals surface area contributed by atoms with Crippen molar-refractivity contribution in [2.24, 2.45) is 0 Å². The molecule has 0 spiro atoms. The molecule has 1 aromatic heterocycles. The fourth-order valence-corrected chi connectivity index (χ4v) is 2.46. The van der Waals surface area contributed by atoms with E-state index in [1.807, 2.05) is 30.3 Å². The van der Waals surface area contributed by atoms with Crippen molar-refractivity contribution in [2.75, 3.05) is 0 Å². The van der Waals surface area contributed by atoms with Crippen LogP contribution in [-0.2, 0) is 6.42 Å². The van der Waals surface area contributed by atoms with E-state index in [2.05, 4.69) is 4.98 Å². The molecule has 1 aliphatic rings. The van der Waals surface area contributed by atoms with Gasteiger partial charge in [-0.2, -0.15) is 0 Å². The smallest absolute Gasteiger partial charge is 0.212 e. The number of nitrogens with zero attached hydrogens (tertiary/aromatic N) is 1. The molecule has 90 valence electrons. The van der Waals surface area contributed by atoms with E-state index in [4.69, 9.17) is 0 Å². The van der Waals surface area contributed by atoms with Crippen LogP contribution in [0.4, 0.5) is 0 Å². The van der Waals surface area contributed by atoms with Gasteiger partial charge in [-0.05, 0) is 29.5 Å². The molecule has 0 radical (unpaired) electrons. The van der Waals surface area contributed by atoms with Crippen LogP contribution >= 0.6 is 0 Å². The van der Waals surface area contributed by atoms with Gasteiger partial charge < -0.3 is 5.11 Å². The van der Waals surface area contributed by atoms with Crippen molar-refractivity contribution in [3.63, 3.8) is 0 Å². The molecule has 0 amide bonds. The van der Waals surface area contributed by atoms with E-state index in [1.54, 1.807) is 6.07 Å². The van der Waals surface area contributed by atoms with Gasteiger partial charge in [0.1, 0.15) is 5.69 Å². The van der Waals surface area contributed by atoms with Crippen LogP contribution in [0.3, 0.4) is 0 Å². The van der Waals surface area contributed by atoms with Crippen molar-refractivity contribution in [1.29, 1.82) is 0 Å². The van der Waals surface area contributed by atoms with Crippen molar-refractivity contribution in [1.82, 2.24) is 4.98 Å². The van der Waals surface area contributed by atoms with E-state index in [1.165, 1.54) is 0 Å². The highest BCUT2D eigenvalue weighted by molar-refractivity contribution is 5.98. The standard InChI is InChI=1S/C15H13NO2/c17-13-8-4-7-11-12(9-14(18)16-15(11)13)10-5-2-1-3-6-10/h1-3,5-6,9H,4,7-8H2,(H,16,18). The molecule has 1 aliphatic carbocycles. The topological polar surface area (TPSA) is 50.2 Å². The highest BCUT2D eigenvalue weighted by Crippen LogP contribution is 2.32. The lowest BCUT2D eigenvalue weighted by Gasteiger charge is -2.18. The first-order valence-corrected chi connectivity index (χ1v) is 6.07. The first-order chi connectivity index (χ1) is 8.75. The summed E-state index contributed by atoms with van der Waals surface area (Å²) in [5.41, 5.74) is 3.35.